The molecule has 19 heavy (non-hydrogen) atoms. The van der Waals surface area contributed by atoms with E-state index in [0.29, 0.717) is 18.0 Å². The first-order valence-corrected chi connectivity index (χ1v) is 6.98. The van der Waals surface area contributed by atoms with Gasteiger partial charge >= 0.3 is 0 Å². The first-order chi connectivity index (χ1) is 9.15. The number of H-pyrrole nitrogens is 1. The minimum atomic E-state index is -0.644. The molecule has 0 aliphatic heterocycles. The van der Waals surface area contributed by atoms with Gasteiger partial charge in [-0.1, -0.05) is 31.5 Å². The Bertz CT molecular complexity index is 439. The van der Waals surface area contributed by atoms with Crippen molar-refractivity contribution in [1.29, 1.82) is 0 Å². The average Bonchev–Trinajstić information content (AvgIpc) is 2.92. The molecular formula is C12H19N5OS. The van der Waals surface area contributed by atoms with Gasteiger partial charge in [0.05, 0.1) is 10.4 Å². The number of carbonyl (C=O) groups excluding carboxylic acids is 1. The van der Waals surface area contributed by atoms with E-state index in [4.69, 9.17) is 18.0 Å². The molecule has 0 aromatic carbocycles. The second-order valence-corrected chi connectivity index (χ2v) is 5.38. The minimum absolute atomic E-state index is 0.0424. The normalized spacial score (nSPS) is 17.9. The summed E-state index contributed by atoms with van der Waals surface area (Å²) in [5, 5.41) is 9.44. The molecule has 1 aromatic rings. The predicted octanol–water partition coefficient (Wildman–Crippen LogP) is 0.700. The highest BCUT2D eigenvalue weighted by molar-refractivity contribution is 7.80. The molecule has 0 bridgehead atoms. The van der Waals surface area contributed by atoms with Crippen LogP contribution in [0, 0.1) is 5.41 Å². The molecule has 1 aromatic heterocycles. The van der Waals surface area contributed by atoms with Crippen LogP contribution in [0.2, 0.25) is 0 Å². The van der Waals surface area contributed by atoms with Crippen LogP contribution in [-0.4, -0.2) is 32.6 Å². The minimum Gasteiger partial charge on any atom is -0.392 e. The second-order valence-electron chi connectivity index (χ2n) is 4.95. The Morgan fingerprint density at radius 1 is 1.47 bits per heavy atom. The first kappa shape index (κ1) is 13.9. The molecule has 1 saturated carbocycles. The van der Waals surface area contributed by atoms with Crippen LogP contribution in [0.3, 0.4) is 0 Å². The molecule has 0 saturated heterocycles. The molecule has 0 radical (unpaired) electrons. The summed E-state index contributed by atoms with van der Waals surface area (Å²) >= 11 is 5.12. The van der Waals surface area contributed by atoms with E-state index in [2.05, 4.69) is 20.5 Å². The van der Waals surface area contributed by atoms with E-state index in [1.807, 2.05) is 0 Å². The van der Waals surface area contributed by atoms with Gasteiger partial charge in [0.2, 0.25) is 5.91 Å². The van der Waals surface area contributed by atoms with E-state index in [1.165, 1.54) is 6.33 Å². The predicted molar refractivity (Wildman–Crippen MR) is 75.4 cm³/mol. The van der Waals surface area contributed by atoms with E-state index in [-0.39, 0.29) is 5.91 Å². The number of hydrogen-bond donors (Lipinski definition) is 3. The van der Waals surface area contributed by atoms with Gasteiger partial charge in [-0.15, -0.1) is 0 Å². The molecule has 0 atom stereocenters. The Hall–Kier alpha value is -1.50. The second kappa shape index (κ2) is 6.10. The van der Waals surface area contributed by atoms with Crippen molar-refractivity contribution >= 4 is 23.1 Å². The quantitative estimate of drug-likeness (QED) is 0.690. The van der Waals surface area contributed by atoms with Gasteiger partial charge in [-0.2, -0.15) is 5.10 Å². The lowest BCUT2D eigenvalue weighted by molar-refractivity contribution is -0.128. The van der Waals surface area contributed by atoms with Gasteiger partial charge in [-0.25, -0.2) is 4.98 Å². The molecular weight excluding hydrogens is 262 g/mol. The summed E-state index contributed by atoms with van der Waals surface area (Å²) in [5.74, 6) is 0.715. The number of aromatic amines is 1. The molecule has 4 N–H and O–H groups in total. The highest BCUT2D eigenvalue weighted by Crippen LogP contribution is 2.36. The zero-order valence-electron chi connectivity index (χ0n) is 10.8. The third-order valence-electron chi connectivity index (χ3n) is 3.73. The summed E-state index contributed by atoms with van der Waals surface area (Å²) in [4.78, 5) is 16.7. The molecule has 7 heteroatoms. The van der Waals surface area contributed by atoms with Crippen molar-refractivity contribution in [2.75, 3.05) is 6.54 Å². The number of thiocarbonyl (C=S) groups is 1. The molecule has 1 fully saturated rings. The highest BCUT2D eigenvalue weighted by Gasteiger charge is 2.42. The SMILES string of the molecule is NC(=S)C1(C(=O)NCCc2ncn[nH]2)CCCCC1. The van der Waals surface area contributed by atoms with Gasteiger partial charge in [-0.05, 0) is 12.8 Å². The van der Waals surface area contributed by atoms with Crippen LogP contribution in [0.5, 0.6) is 0 Å². The molecule has 1 heterocycles. The maximum absolute atomic E-state index is 12.4. The van der Waals surface area contributed by atoms with Crippen molar-refractivity contribution in [3.8, 4) is 0 Å². The zero-order valence-corrected chi connectivity index (χ0v) is 11.6. The van der Waals surface area contributed by atoms with Crippen LogP contribution >= 0.6 is 12.2 Å². The van der Waals surface area contributed by atoms with Crippen molar-refractivity contribution in [1.82, 2.24) is 20.5 Å². The van der Waals surface area contributed by atoms with Gasteiger partial charge in [-0.3, -0.25) is 9.89 Å². The number of nitrogens with one attached hydrogen (secondary N) is 2. The summed E-state index contributed by atoms with van der Waals surface area (Å²) in [7, 11) is 0. The van der Waals surface area contributed by atoms with Crippen LogP contribution in [0.1, 0.15) is 37.9 Å². The van der Waals surface area contributed by atoms with Crippen LogP contribution in [0.25, 0.3) is 0 Å². The summed E-state index contributed by atoms with van der Waals surface area (Å²) in [5.41, 5.74) is 5.17. The van der Waals surface area contributed by atoms with E-state index < -0.39 is 5.41 Å². The van der Waals surface area contributed by atoms with E-state index in [0.717, 1.165) is 37.9 Å². The van der Waals surface area contributed by atoms with Gasteiger partial charge in [0, 0.05) is 13.0 Å². The van der Waals surface area contributed by atoms with E-state index >= 15 is 0 Å². The van der Waals surface area contributed by atoms with Crippen LogP contribution in [0.15, 0.2) is 6.33 Å². The lowest BCUT2D eigenvalue weighted by atomic mass is 9.73. The van der Waals surface area contributed by atoms with Crippen LogP contribution < -0.4 is 11.1 Å². The average molecular weight is 281 g/mol. The number of rotatable bonds is 5. The number of hydrogen-bond acceptors (Lipinski definition) is 4. The molecule has 0 spiro atoms. The third kappa shape index (κ3) is 3.09. The lowest BCUT2D eigenvalue weighted by Gasteiger charge is -2.34. The topological polar surface area (TPSA) is 96.7 Å². The maximum atomic E-state index is 12.4. The third-order valence-corrected chi connectivity index (χ3v) is 4.12. The number of amides is 1. The summed E-state index contributed by atoms with van der Waals surface area (Å²) in [6.45, 7) is 0.512. The Morgan fingerprint density at radius 2 is 2.21 bits per heavy atom. The summed E-state index contributed by atoms with van der Waals surface area (Å²) in [6, 6.07) is 0. The molecule has 1 amide bonds. The maximum Gasteiger partial charge on any atom is 0.233 e. The number of nitrogens with zero attached hydrogens (tertiary/aromatic N) is 2. The number of carbonyl (C=O) groups is 1. The standard InChI is InChI=1S/C12H19N5OS/c13-10(19)12(5-2-1-3-6-12)11(18)14-7-4-9-15-8-16-17-9/h8H,1-7H2,(H2,13,19)(H,14,18)(H,15,16,17). The smallest absolute Gasteiger partial charge is 0.233 e. The largest absolute Gasteiger partial charge is 0.392 e. The van der Waals surface area contributed by atoms with E-state index in [1.54, 1.807) is 0 Å². The molecule has 0 unspecified atom stereocenters. The van der Waals surface area contributed by atoms with Crippen molar-refractivity contribution in [3.63, 3.8) is 0 Å². The van der Waals surface area contributed by atoms with Crippen molar-refractivity contribution < 1.29 is 4.79 Å². The summed E-state index contributed by atoms with van der Waals surface area (Å²) in [6.07, 6.45) is 6.76. The van der Waals surface area contributed by atoms with Gasteiger partial charge in [0.15, 0.2) is 0 Å². The van der Waals surface area contributed by atoms with Gasteiger partial charge < -0.3 is 11.1 Å². The Labute approximate surface area is 117 Å². The van der Waals surface area contributed by atoms with Gasteiger partial charge in [0.25, 0.3) is 0 Å². The monoisotopic (exact) mass is 281 g/mol. The molecule has 6 nitrogen and oxygen atoms in total. The Kier molecular flexibility index (Phi) is 4.47. The Balaban J connectivity index is 1.91. The molecule has 1 aliphatic rings. The molecule has 2 rings (SSSR count). The molecule has 1 aliphatic carbocycles. The fourth-order valence-corrected chi connectivity index (χ4v) is 2.85. The fourth-order valence-electron chi connectivity index (χ4n) is 2.56. The fraction of sp³-hybridized carbons (Fsp3) is 0.667. The summed E-state index contributed by atoms with van der Waals surface area (Å²) < 4.78 is 0. The van der Waals surface area contributed by atoms with Crippen molar-refractivity contribution in [2.24, 2.45) is 11.1 Å². The zero-order chi connectivity index (χ0) is 13.7. The molecule has 104 valence electrons. The number of aromatic nitrogens is 3. The van der Waals surface area contributed by atoms with Crippen LogP contribution in [-0.2, 0) is 11.2 Å². The van der Waals surface area contributed by atoms with E-state index in [9.17, 15) is 4.79 Å². The van der Waals surface area contributed by atoms with Crippen molar-refractivity contribution in [3.05, 3.63) is 12.2 Å². The van der Waals surface area contributed by atoms with Crippen LogP contribution in [0.4, 0.5) is 0 Å². The number of nitrogens with two attached hydrogens (primary N) is 1. The Morgan fingerprint density at radius 3 is 2.79 bits per heavy atom. The first-order valence-electron chi connectivity index (χ1n) is 6.57. The lowest BCUT2D eigenvalue weighted by Crippen LogP contribution is -2.50. The van der Waals surface area contributed by atoms with Crippen molar-refractivity contribution in [2.45, 2.75) is 38.5 Å². The van der Waals surface area contributed by atoms with Gasteiger partial charge in [0.1, 0.15) is 12.2 Å². The highest BCUT2D eigenvalue weighted by atomic mass is 32.1.